The SMILES string of the molecule is CCO/N=C/c1cc(-n2c(=O)cc(C(F)(F)F)n(N)c2=O)ccc1Cl. The summed E-state index contributed by atoms with van der Waals surface area (Å²) >= 11 is 5.97. The predicted octanol–water partition coefficient (Wildman–Crippen LogP) is 1.76. The molecule has 0 aliphatic carbocycles. The third kappa shape index (κ3) is 3.85. The van der Waals surface area contributed by atoms with Gasteiger partial charge in [-0.05, 0) is 25.1 Å². The van der Waals surface area contributed by atoms with Gasteiger partial charge in [-0.1, -0.05) is 16.8 Å². The first-order chi connectivity index (χ1) is 11.7. The zero-order valence-corrected chi connectivity index (χ0v) is 13.5. The van der Waals surface area contributed by atoms with Gasteiger partial charge >= 0.3 is 11.9 Å². The van der Waals surface area contributed by atoms with Crippen molar-refractivity contribution in [1.29, 1.82) is 0 Å². The summed E-state index contributed by atoms with van der Waals surface area (Å²) in [5.41, 5.74) is -3.82. The van der Waals surface area contributed by atoms with E-state index in [0.717, 1.165) is 0 Å². The summed E-state index contributed by atoms with van der Waals surface area (Å²) in [5, 5.41) is 3.85. The molecule has 1 aromatic carbocycles. The van der Waals surface area contributed by atoms with Crippen molar-refractivity contribution in [2.24, 2.45) is 5.16 Å². The molecule has 0 amide bonds. The minimum absolute atomic E-state index is 0.0229. The van der Waals surface area contributed by atoms with Crippen molar-refractivity contribution in [2.45, 2.75) is 13.1 Å². The molecule has 2 rings (SSSR count). The molecule has 11 heteroatoms. The van der Waals surface area contributed by atoms with Crippen LogP contribution in [-0.2, 0) is 11.0 Å². The molecule has 0 aliphatic rings. The van der Waals surface area contributed by atoms with Gasteiger partial charge in [0, 0.05) is 16.7 Å². The Kier molecular flexibility index (Phi) is 5.21. The first-order valence-electron chi connectivity index (χ1n) is 6.83. The van der Waals surface area contributed by atoms with Crippen LogP contribution in [0.5, 0.6) is 0 Å². The van der Waals surface area contributed by atoms with Gasteiger partial charge in [0.2, 0.25) is 0 Å². The van der Waals surface area contributed by atoms with Crippen LogP contribution in [-0.4, -0.2) is 22.1 Å². The molecule has 0 aliphatic heterocycles. The molecule has 2 aromatic rings. The van der Waals surface area contributed by atoms with Gasteiger partial charge in [-0.3, -0.25) is 4.79 Å². The number of oxime groups is 1. The Labute approximate surface area is 143 Å². The summed E-state index contributed by atoms with van der Waals surface area (Å²) < 4.78 is 38.7. The normalized spacial score (nSPS) is 11.9. The summed E-state index contributed by atoms with van der Waals surface area (Å²) in [6, 6.07) is 4.18. The molecule has 0 radical (unpaired) electrons. The summed E-state index contributed by atoms with van der Waals surface area (Å²) in [6.07, 6.45) is -3.70. The van der Waals surface area contributed by atoms with E-state index in [4.69, 9.17) is 22.3 Å². The summed E-state index contributed by atoms with van der Waals surface area (Å²) in [6.45, 7) is 2.02. The minimum Gasteiger partial charge on any atom is -0.396 e. The van der Waals surface area contributed by atoms with E-state index < -0.39 is 23.1 Å². The quantitative estimate of drug-likeness (QED) is 0.500. The maximum Gasteiger partial charge on any atom is 0.433 e. The van der Waals surface area contributed by atoms with Gasteiger partial charge in [0.15, 0.2) is 5.69 Å². The van der Waals surface area contributed by atoms with Crippen LogP contribution in [0, 0.1) is 0 Å². The molecule has 1 aromatic heterocycles. The fourth-order valence-corrected chi connectivity index (χ4v) is 2.12. The van der Waals surface area contributed by atoms with Crippen LogP contribution in [0.1, 0.15) is 18.2 Å². The Hall–Kier alpha value is -2.75. The first-order valence-corrected chi connectivity index (χ1v) is 7.21. The molecule has 0 fully saturated rings. The first kappa shape index (κ1) is 18.6. The second-order valence-corrected chi connectivity index (χ2v) is 5.12. The van der Waals surface area contributed by atoms with Gasteiger partial charge in [-0.2, -0.15) is 13.2 Å². The fourth-order valence-electron chi connectivity index (χ4n) is 1.95. The summed E-state index contributed by atoms with van der Waals surface area (Å²) in [5.74, 6) is 5.19. The molecular weight excluding hydrogens is 365 g/mol. The largest absolute Gasteiger partial charge is 0.433 e. The average molecular weight is 377 g/mol. The lowest BCUT2D eigenvalue weighted by molar-refractivity contribution is -0.143. The van der Waals surface area contributed by atoms with E-state index in [9.17, 15) is 22.8 Å². The van der Waals surface area contributed by atoms with E-state index in [1.54, 1.807) is 6.92 Å². The summed E-state index contributed by atoms with van der Waals surface area (Å²) in [4.78, 5) is 28.9. The van der Waals surface area contributed by atoms with Crippen LogP contribution in [0.4, 0.5) is 13.2 Å². The number of nitrogen functional groups attached to an aromatic ring is 1. The molecule has 134 valence electrons. The maximum atomic E-state index is 12.8. The molecule has 7 nitrogen and oxygen atoms in total. The second kappa shape index (κ2) is 7.01. The lowest BCUT2D eigenvalue weighted by Crippen LogP contribution is -2.45. The van der Waals surface area contributed by atoms with Gasteiger partial charge < -0.3 is 10.7 Å². The topological polar surface area (TPSA) is 91.6 Å². The number of benzene rings is 1. The monoisotopic (exact) mass is 376 g/mol. The van der Waals surface area contributed by atoms with Gasteiger partial charge in [0.25, 0.3) is 5.56 Å². The van der Waals surface area contributed by atoms with Crippen LogP contribution < -0.4 is 17.1 Å². The summed E-state index contributed by atoms with van der Waals surface area (Å²) in [7, 11) is 0. The Morgan fingerprint density at radius 2 is 2.00 bits per heavy atom. The second-order valence-electron chi connectivity index (χ2n) is 4.71. The van der Waals surface area contributed by atoms with Crippen LogP contribution in [0.25, 0.3) is 5.69 Å². The lowest BCUT2D eigenvalue weighted by atomic mass is 10.2. The van der Waals surface area contributed by atoms with Crippen LogP contribution >= 0.6 is 11.6 Å². The van der Waals surface area contributed by atoms with E-state index in [1.165, 1.54) is 24.4 Å². The average Bonchev–Trinajstić information content (AvgIpc) is 2.53. The van der Waals surface area contributed by atoms with Crippen molar-refractivity contribution in [1.82, 2.24) is 9.24 Å². The number of hydrogen-bond donors (Lipinski definition) is 1. The number of nitrogens with two attached hydrogens (primary N) is 1. The highest BCUT2D eigenvalue weighted by atomic mass is 35.5. The third-order valence-corrected chi connectivity index (χ3v) is 3.41. The number of rotatable bonds is 4. The van der Waals surface area contributed by atoms with Crippen molar-refractivity contribution < 1.29 is 18.0 Å². The maximum absolute atomic E-state index is 12.8. The highest BCUT2D eigenvalue weighted by molar-refractivity contribution is 6.33. The molecule has 1 heterocycles. The van der Waals surface area contributed by atoms with E-state index in [-0.39, 0.29) is 21.5 Å². The Morgan fingerprint density at radius 1 is 1.32 bits per heavy atom. The van der Waals surface area contributed by atoms with Gasteiger partial charge in [-0.15, -0.1) is 0 Å². The van der Waals surface area contributed by atoms with Gasteiger partial charge in [0.05, 0.1) is 11.9 Å². The van der Waals surface area contributed by atoms with Crippen LogP contribution in [0.15, 0.2) is 39.0 Å². The molecule has 0 saturated heterocycles. The highest BCUT2D eigenvalue weighted by Crippen LogP contribution is 2.26. The van der Waals surface area contributed by atoms with Crippen molar-refractivity contribution >= 4 is 17.8 Å². The Morgan fingerprint density at radius 3 is 2.60 bits per heavy atom. The molecule has 0 unspecified atom stereocenters. The standard InChI is InChI=1S/C14H12ClF3N4O3/c1-2-25-20-7-8-5-9(3-4-10(8)15)21-12(23)6-11(14(16,17)18)22(19)13(21)24/h3-7H,2,19H2,1H3/b20-7+. The fraction of sp³-hybridized carbons (Fsp3) is 0.214. The number of halogens is 4. The van der Waals surface area contributed by atoms with Crippen molar-refractivity contribution in [3.05, 3.63) is 61.4 Å². The number of aromatic nitrogens is 2. The van der Waals surface area contributed by atoms with E-state index in [0.29, 0.717) is 16.7 Å². The Balaban J connectivity index is 2.64. The predicted molar refractivity (Wildman–Crippen MR) is 85.7 cm³/mol. The van der Waals surface area contributed by atoms with Crippen molar-refractivity contribution in [3.63, 3.8) is 0 Å². The molecule has 0 spiro atoms. The van der Waals surface area contributed by atoms with Gasteiger partial charge in [0.1, 0.15) is 6.61 Å². The molecule has 0 atom stereocenters. The lowest BCUT2D eigenvalue weighted by Gasteiger charge is -2.13. The van der Waals surface area contributed by atoms with E-state index in [1.807, 2.05) is 0 Å². The number of nitrogens with zero attached hydrogens (tertiary/aromatic N) is 3. The van der Waals surface area contributed by atoms with Gasteiger partial charge in [-0.25, -0.2) is 14.0 Å². The molecule has 25 heavy (non-hydrogen) atoms. The molecule has 2 N–H and O–H groups in total. The molecule has 0 saturated carbocycles. The molecular formula is C14H12ClF3N4O3. The number of hydrogen-bond acceptors (Lipinski definition) is 5. The Bertz CT molecular complexity index is 934. The highest BCUT2D eigenvalue weighted by Gasteiger charge is 2.35. The third-order valence-electron chi connectivity index (χ3n) is 3.06. The zero-order chi connectivity index (χ0) is 18.8. The van der Waals surface area contributed by atoms with Crippen LogP contribution in [0.3, 0.4) is 0 Å². The van der Waals surface area contributed by atoms with Crippen molar-refractivity contribution in [2.75, 3.05) is 12.4 Å². The number of alkyl halides is 3. The van der Waals surface area contributed by atoms with Crippen LogP contribution in [0.2, 0.25) is 5.02 Å². The molecule has 0 bridgehead atoms. The smallest absolute Gasteiger partial charge is 0.396 e. The van der Waals surface area contributed by atoms with E-state index in [2.05, 4.69) is 5.16 Å². The zero-order valence-electron chi connectivity index (χ0n) is 12.7. The minimum atomic E-state index is -4.94. The van der Waals surface area contributed by atoms with Crippen molar-refractivity contribution in [3.8, 4) is 5.69 Å². The van der Waals surface area contributed by atoms with E-state index >= 15 is 0 Å².